The van der Waals surface area contributed by atoms with Crippen LogP contribution < -0.4 is 5.32 Å². The molecule has 2 aromatic heterocycles. The van der Waals surface area contributed by atoms with Gasteiger partial charge in [-0.05, 0) is 61.1 Å². The van der Waals surface area contributed by atoms with Crippen LogP contribution in [0.25, 0.3) is 11.3 Å². The summed E-state index contributed by atoms with van der Waals surface area (Å²) < 4.78 is 12.7. The van der Waals surface area contributed by atoms with E-state index in [0.717, 1.165) is 27.3 Å². The molecule has 1 aliphatic heterocycles. The number of pyridine rings is 1. The lowest BCUT2D eigenvalue weighted by Gasteiger charge is -2.25. The minimum Gasteiger partial charge on any atom is -0.459 e. The van der Waals surface area contributed by atoms with Crippen molar-refractivity contribution < 1.29 is 9.15 Å². The first kappa shape index (κ1) is 20.1. The molecule has 0 bridgehead atoms. The number of ether oxygens (including phenoxy) is 1. The van der Waals surface area contributed by atoms with Crippen molar-refractivity contribution in [3.63, 3.8) is 0 Å². The van der Waals surface area contributed by atoms with Crippen molar-refractivity contribution in [2.24, 2.45) is 0 Å². The Balaban J connectivity index is 1.72. The smallest absolute Gasteiger partial charge is 0.170 e. The van der Waals surface area contributed by atoms with Crippen LogP contribution in [0.15, 0.2) is 63.6 Å². The van der Waals surface area contributed by atoms with Crippen LogP contribution in [0.2, 0.25) is 0 Å². The first-order chi connectivity index (χ1) is 14.1. The lowest BCUT2D eigenvalue weighted by atomic mass is 10.0. The van der Waals surface area contributed by atoms with Crippen molar-refractivity contribution in [3.8, 4) is 11.3 Å². The van der Waals surface area contributed by atoms with Crippen molar-refractivity contribution in [2.45, 2.75) is 19.0 Å². The van der Waals surface area contributed by atoms with Crippen molar-refractivity contribution in [1.29, 1.82) is 0 Å². The van der Waals surface area contributed by atoms with Crippen LogP contribution in [0.1, 0.15) is 29.1 Å². The molecule has 1 aliphatic rings. The van der Waals surface area contributed by atoms with E-state index in [0.29, 0.717) is 18.3 Å². The van der Waals surface area contributed by atoms with E-state index >= 15 is 0 Å². The highest BCUT2D eigenvalue weighted by Gasteiger charge is 2.41. The number of methoxy groups -OCH3 is 1. The molecule has 0 spiro atoms. The van der Waals surface area contributed by atoms with E-state index in [1.165, 1.54) is 5.56 Å². The Labute approximate surface area is 184 Å². The zero-order chi connectivity index (χ0) is 20.4. The fourth-order valence-electron chi connectivity index (χ4n) is 3.62. The maximum Gasteiger partial charge on any atom is 0.170 e. The molecule has 1 fully saturated rings. The standard InChI is InChI=1S/C22H22BrN3O2S/c1-14-6-7-15(16(23)13-14)18-8-9-19(28-18)21-20(17-5-3-4-10-24-17)25-22(29)26(21)11-12-27-2/h3-10,13,20-21H,11-12H2,1-2H3,(H,25,29). The Morgan fingerprint density at radius 2 is 2.10 bits per heavy atom. The minimum absolute atomic E-state index is 0.0963. The summed E-state index contributed by atoms with van der Waals surface area (Å²) in [7, 11) is 1.69. The fraction of sp³-hybridized carbons (Fsp3) is 0.273. The van der Waals surface area contributed by atoms with Crippen LogP contribution >= 0.6 is 28.1 Å². The average Bonchev–Trinajstić information content (AvgIpc) is 3.31. The number of nitrogens with one attached hydrogen (secondary N) is 1. The van der Waals surface area contributed by atoms with Gasteiger partial charge in [-0.15, -0.1) is 0 Å². The summed E-state index contributed by atoms with van der Waals surface area (Å²) in [6, 6.07) is 16.0. The van der Waals surface area contributed by atoms with Gasteiger partial charge in [-0.25, -0.2) is 0 Å². The Morgan fingerprint density at radius 3 is 2.83 bits per heavy atom. The van der Waals surface area contributed by atoms with Gasteiger partial charge in [-0.1, -0.05) is 28.1 Å². The predicted molar refractivity (Wildman–Crippen MR) is 121 cm³/mol. The van der Waals surface area contributed by atoms with Crippen LogP contribution in [-0.4, -0.2) is 35.3 Å². The third-order valence-corrected chi connectivity index (χ3v) is 6.05. The summed E-state index contributed by atoms with van der Waals surface area (Å²) in [6.07, 6.45) is 1.80. The molecule has 1 aromatic carbocycles. The third-order valence-electron chi connectivity index (χ3n) is 5.04. The normalized spacial score (nSPS) is 18.9. The number of aromatic nitrogens is 1. The van der Waals surface area contributed by atoms with E-state index in [9.17, 15) is 0 Å². The molecule has 2 atom stereocenters. The predicted octanol–water partition coefficient (Wildman–Crippen LogP) is 5.03. The van der Waals surface area contributed by atoms with E-state index in [2.05, 4.69) is 56.3 Å². The summed E-state index contributed by atoms with van der Waals surface area (Å²) in [5.74, 6) is 1.66. The monoisotopic (exact) mass is 471 g/mol. The van der Waals surface area contributed by atoms with E-state index < -0.39 is 0 Å². The Hall–Kier alpha value is -2.22. The molecular weight excluding hydrogens is 450 g/mol. The Bertz CT molecular complexity index is 1010. The molecule has 3 heterocycles. The van der Waals surface area contributed by atoms with Crippen molar-refractivity contribution >= 4 is 33.3 Å². The highest BCUT2D eigenvalue weighted by Crippen LogP contribution is 2.41. The van der Waals surface area contributed by atoms with Gasteiger partial charge in [0, 0.05) is 29.9 Å². The van der Waals surface area contributed by atoms with Crippen LogP contribution in [0.4, 0.5) is 0 Å². The van der Waals surface area contributed by atoms with Gasteiger partial charge in [0.25, 0.3) is 0 Å². The third kappa shape index (κ3) is 4.08. The molecule has 150 valence electrons. The molecule has 29 heavy (non-hydrogen) atoms. The Kier molecular flexibility index (Phi) is 5.99. The molecule has 0 radical (unpaired) electrons. The van der Waals surface area contributed by atoms with E-state index in [4.69, 9.17) is 21.4 Å². The van der Waals surface area contributed by atoms with Crippen molar-refractivity contribution in [2.75, 3.05) is 20.3 Å². The number of halogens is 1. The van der Waals surface area contributed by atoms with Gasteiger partial charge in [-0.3, -0.25) is 4.98 Å². The first-order valence-electron chi connectivity index (χ1n) is 9.41. The second-order valence-electron chi connectivity index (χ2n) is 7.00. The Morgan fingerprint density at radius 1 is 1.24 bits per heavy atom. The quantitative estimate of drug-likeness (QED) is 0.508. The first-order valence-corrected chi connectivity index (χ1v) is 10.6. The van der Waals surface area contributed by atoms with Crippen LogP contribution in [0.3, 0.4) is 0 Å². The summed E-state index contributed by atoms with van der Waals surface area (Å²) >= 11 is 9.28. The summed E-state index contributed by atoms with van der Waals surface area (Å²) in [5.41, 5.74) is 3.14. The molecule has 2 unspecified atom stereocenters. The topological polar surface area (TPSA) is 50.5 Å². The number of hydrogen-bond acceptors (Lipinski definition) is 4. The van der Waals surface area contributed by atoms with Crippen LogP contribution in [0, 0.1) is 6.92 Å². The van der Waals surface area contributed by atoms with E-state index in [1.54, 1.807) is 13.3 Å². The van der Waals surface area contributed by atoms with Gasteiger partial charge in [0.15, 0.2) is 5.11 Å². The van der Waals surface area contributed by atoms with Gasteiger partial charge in [0.05, 0.1) is 18.3 Å². The van der Waals surface area contributed by atoms with Crippen LogP contribution in [0.5, 0.6) is 0 Å². The fourth-order valence-corrected chi connectivity index (χ4v) is 4.64. The molecule has 0 amide bonds. The number of nitrogens with zero attached hydrogens (tertiary/aromatic N) is 2. The number of furan rings is 1. The highest BCUT2D eigenvalue weighted by atomic mass is 79.9. The molecule has 1 N–H and O–H groups in total. The largest absolute Gasteiger partial charge is 0.459 e. The zero-order valence-electron chi connectivity index (χ0n) is 16.3. The number of hydrogen-bond donors (Lipinski definition) is 1. The summed E-state index contributed by atoms with van der Waals surface area (Å²) in [5, 5.41) is 4.09. The molecule has 4 rings (SSSR count). The van der Waals surface area contributed by atoms with Gasteiger partial charge < -0.3 is 19.4 Å². The lowest BCUT2D eigenvalue weighted by Crippen LogP contribution is -2.32. The maximum absolute atomic E-state index is 6.34. The molecule has 5 nitrogen and oxygen atoms in total. The molecule has 0 aliphatic carbocycles. The van der Waals surface area contributed by atoms with Gasteiger partial charge >= 0.3 is 0 Å². The maximum atomic E-state index is 6.34. The lowest BCUT2D eigenvalue weighted by molar-refractivity contribution is 0.158. The van der Waals surface area contributed by atoms with E-state index in [1.807, 2.05) is 30.3 Å². The average molecular weight is 472 g/mol. The van der Waals surface area contributed by atoms with Gasteiger partial charge in [0.2, 0.25) is 0 Å². The second kappa shape index (κ2) is 8.65. The molecule has 3 aromatic rings. The van der Waals surface area contributed by atoms with Crippen molar-refractivity contribution in [1.82, 2.24) is 15.2 Å². The molecule has 7 heteroatoms. The molecular formula is C22H22BrN3O2S. The zero-order valence-corrected chi connectivity index (χ0v) is 18.7. The van der Waals surface area contributed by atoms with Gasteiger partial charge in [0.1, 0.15) is 17.6 Å². The molecule has 0 saturated carbocycles. The number of thiocarbonyl (C=S) groups is 1. The van der Waals surface area contributed by atoms with Crippen molar-refractivity contribution in [3.05, 3.63) is 76.2 Å². The van der Waals surface area contributed by atoms with Crippen LogP contribution in [-0.2, 0) is 4.74 Å². The minimum atomic E-state index is -0.106. The van der Waals surface area contributed by atoms with Gasteiger partial charge in [-0.2, -0.15) is 0 Å². The SMILES string of the molecule is COCCN1C(=S)NC(c2ccccn2)C1c1ccc(-c2ccc(C)cc2Br)o1. The molecule has 1 saturated heterocycles. The second-order valence-corrected chi connectivity index (χ2v) is 8.24. The number of benzene rings is 1. The van der Waals surface area contributed by atoms with E-state index in [-0.39, 0.29) is 12.1 Å². The number of aryl methyl sites for hydroxylation is 1. The summed E-state index contributed by atoms with van der Waals surface area (Å²) in [4.78, 5) is 6.66. The summed E-state index contributed by atoms with van der Waals surface area (Å²) in [6.45, 7) is 3.31. The highest BCUT2D eigenvalue weighted by molar-refractivity contribution is 9.10. The number of rotatable bonds is 6.